The van der Waals surface area contributed by atoms with Crippen LogP contribution >= 0.6 is 0 Å². The van der Waals surface area contributed by atoms with Crippen molar-refractivity contribution in [1.82, 2.24) is 4.98 Å². The molecule has 0 spiro atoms. The van der Waals surface area contributed by atoms with Crippen molar-refractivity contribution in [2.45, 2.75) is 19.4 Å². The molecule has 2 aromatic rings. The molecule has 0 saturated carbocycles. The highest BCUT2D eigenvalue weighted by molar-refractivity contribution is 5.30. The van der Waals surface area contributed by atoms with Gasteiger partial charge in [-0.2, -0.15) is 0 Å². The van der Waals surface area contributed by atoms with E-state index in [0.717, 1.165) is 5.56 Å². The summed E-state index contributed by atoms with van der Waals surface area (Å²) in [6.45, 7) is 1.99. The Morgan fingerprint density at radius 3 is 2.63 bits per heavy atom. The van der Waals surface area contributed by atoms with E-state index in [0.29, 0.717) is 18.6 Å². The summed E-state index contributed by atoms with van der Waals surface area (Å²) in [5.41, 5.74) is 1.63. The molecule has 2 rings (SSSR count). The van der Waals surface area contributed by atoms with Gasteiger partial charge in [-0.05, 0) is 42.3 Å². The highest BCUT2D eigenvalue weighted by Gasteiger charge is 2.07. The molecule has 0 saturated heterocycles. The van der Waals surface area contributed by atoms with Crippen LogP contribution in [0.15, 0.2) is 42.7 Å². The van der Waals surface area contributed by atoms with Gasteiger partial charge in [0.2, 0.25) is 0 Å². The van der Waals surface area contributed by atoms with Gasteiger partial charge in [-0.3, -0.25) is 4.98 Å². The zero-order chi connectivity index (χ0) is 13.7. The first kappa shape index (κ1) is 13.5. The topological polar surface area (TPSA) is 42.4 Å². The van der Waals surface area contributed by atoms with Gasteiger partial charge in [-0.15, -0.1) is 0 Å². The number of aliphatic hydroxyl groups is 1. The van der Waals surface area contributed by atoms with Crippen LogP contribution in [0.4, 0.5) is 4.39 Å². The van der Waals surface area contributed by atoms with Crippen molar-refractivity contribution in [1.29, 1.82) is 0 Å². The molecule has 0 bridgehead atoms. The van der Waals surface area contributed by atoms with Crippen molar-refractivity contribution in [3.63, 3.8) is 0 Å². The maximum absolute atomic E-state index is 13.7. The van der Waals surface area contributed by atoms with Gasteiger partial charge in [0.15, 0.2) is 11.6 Å². The lowest BCUT2D eigenvalue weighted by Gasteiger charge is -2.10. The maximum Gasteiger partial charge on any atom is 0.165 e. The van der Waals surface area contributed by atoms with E-state index in [9.17, 15) is 9.50 Å². The number of benzene rings is 1. The van der Waals surface area contributed by atoms with Crippen molar-refractivity contribution in [3.05, 3.63) is 59.7 Å². The molecule has 4 heteroatoms. The average Bonchev–Trinajstić information content (AvgIpc) is 2.41. The van der Waals surface area contributed by atoms with Gasteiger partial charge in [0.1, 0.15) is 0 Å². The number of hydrogen-bond donors (Lipinski definition) is 1. The lowest BCUT2D eigenvalue weighted by molar-refractivity contribution is 0.198. The minimum atomic E-state index is -0.680. The molecule has 1 heterocycles. The Bertz CT molecular complexity index is 529. The summed E-state index contributed by atoms with van der Waals surface area (Å²) in [6, 6.07) is 8.30. The number of halogens is 1. The molecular formula is C15H16FNO2. The molecule has 0 aliphatic heterocycles. The number of nitrogens with zero attached hydrogens (tertiary/aromatic N) is 1. The first-order chi connectivity index (χ1) is 9.16. The number of pyridine rings is 1. The molecule has 0 amide bonds. The molecule has 0 aliphatic rings. The summed E-state index contributed by atoms with van der Waals surface area (Å²) in [6.07, 6.45) is 3.45. The molecule has 1 atom stereocenters. The van der Waals surface area contributed by atoms with Crippen LogP contribution < -0.4 is 4.74 Å². The predicted molar refractivity (Wildman–Crippen MR) is 70.5 cm³/mol. The molecule has 1 unspecified atom stereocenters. The molecule has 3 nitrogen and oxygen atoms in total. The molecule has 1 N–H and O–H groups in total. The molecular weight excluding hydrogens is 245 g/mol. The van der Waals surface area contributed by atoms with E-state index in [2.05, 4.69) is 4.98 Å². The summed E-state index contributed by atoms with van der Waals surface area (Å²) in [4.78, 5) is 3.93. The van der Waals surface area contributed by atoms with E-state index < -0.39 is 11.9 Å². The first-order valence-corrected chi connectivity index (χ1v) is 6.16. The van der Waals surface area contributed by atoms with Gasteiger partial charge in [0.05, 0.1) is 12.7 Å². The third kappa shape index (κ3) is 3.76. The van der Waals surface area contributed by atoms with E-state index in [1.54, 1.807) is 31.5 Å². The second kappa shape index (κ2) is 6.29. The third-order valence-corrected chi connectivity index (χ3v) is 2.84. The quantitative estimate of drug-likeness (QED) is 0.899. The Hall–Kier alpha value is -1.94. The van der Waals surface area contributed by atoms with Crippen LogP contribution in [0, 0.1) is 5.82 Å². The number of ether oxygens (including phenoxy) is 1. The standard InChI is InChI=1S/C15H16FNO2/c1-11(18)13-2-3-15(14(16)10-13)19-9-6-12-4-7-17-8-5-12/h2-5,7-8,10-11,18H,6,9H2,1H3. The molecule has 1 aromatic carbocycles. The lowest BCUT2D eigenvalue weighted by atomic mass is 10.1. The number of aromatic nitrogens is 1. The Labute approximate surface area is 111 Å². The van der Waals surface area contributed by atoms with Crippen LogP contribution in [0.3, 0.4) is 0 Å². The molecule has 19 heavy (non-hydrogen) atoms. The SMILES string of the molecule is CC(O)c1ccc(OCCc2ccncc2)c(F)c1. The van der Waals surface area contributed by atoms with Gasteiger partial charge in [0.25, 0.3) is 0 Å². The predicted octanol–water partition coefficient (Wildman–Crippen LogP) is 2.90. The Balaban J connectivity index is 1.93. The first-order valence-electron chi connectivity index (χ1n) is 6.16. The second-order valence-electron chi connectivity index (χ2n) is 4.32. The van der Waals surface area contributed by atoms with Gasteiger partial charge >= 0.3 is 0 Å². The highest BCUT2D eigenvalue weighted by atomic mass is 19.1. The van der Waals surface area contributed by atoms with Crippen molar-refractivity contribution < 1.29 is 14.2 Å². The van der Waals surface area contributed by atoms with Crippen molar-refractivity contribution >= 4 is 0 Å². The van der Waals surface area contributed by atoms with Gasteiger partial charge in [-0.1, -0.05) is 6.07 Å². The van der Waals surface area contributed by atoms with Crippen LogP contribution in [0.25, 0.3) is 0 Å². The van der Waals surface area contributed by atoms with E-state index in [1.807, 2.05) is 12.1 Å². The molecule has 0 aliphatic carbocycles. The van der Waals surface area contributed by atoms with Gasteiger partial charge in [-0.25, -0.2) is 4.39 Å². The fraction of sp³-hybridized carbons (Fsp3) is 0.267. The van der Waals surface area contributed by atoms with Crippen LogP contribution in [0.2, 0.25) is 0 Å². The van der Waals surface area contributed by atoms with E-state index in [-0.39, 0.29) is 5.75 Å². The summed E-state index contributed by atoms with van der Waals surface area (Å²) in [5.74, 6) is -0.244. The molecule has 1 aromatic heterocycles. The monoisotopic (exact) mass is 261 g/mol. The van der Waals surface area contributed by atoms with Crippen molar-refractivity contribution in [2.24, 2.45) is 0 Å². The average molecular weight is 261 g/mol. The number of aliphatic hydroxyl groups excluding tert-OH is 1. The zero-order valence-corrected chi connectivity index (χ0v) is 10.7. The van der Waals surface area contributed by atoms with E-state index in [4.69, 9.17) is 4.74 Å². The number of rotatable bonds is 5. The minimum absolute atomic E-state index is 0.207. The van der Waals surface area contributed by atoms with Crippen molar-refractivity contribution in [2.75, 3.05) is 6.61 Å². The smallest absolute Gasteiger partial charge is 0.165 e. The second-order valence-corrected chi connectivity index (χ2v) is 4.32. The summed E-state index contributed by atoms with van der Waals surface area (Å²) < 4.78 is 19.1. The summed E-state index contributed by atoms with van der Waals surface area (Å²) in [5, 5.41) is 9.35. The van der Waals surface area contributed by atoms with E-state index >= 15 is 0 Å². The Morgan fingerprint density at radius 1 is 1.26 bits per heavy atom. The lowest BCUT2D eigenvalue weighted by Crippen LogP contribution is -2.03. The molecule has 100 valence electrons. The summed E-state index contributed by atoms with van der Waals surface area (Å²) >= 11 is 0. The third-order valence-electron chi connectivity index (χ3n) is 2.84. The molecule has 0 radical (unpaired) electrons. The van der Waals surface area contributed by atoms with Gasteiger partial charge < -0.3 is 9.84 Å². The minimum Gasteiger partial charge on any atom is -0.490 e. The van der Waals surface area contributed by atoms with Gasteiger partial charge in [0, 0.05) is 18.8 Å². The zero-order valence-electron chi connectivity index (χ0n) is 10.7. The van der Waals surface area contributed by atoms with Crippen LogP contribution in [-0.2, 0) is 6.42 Å². The van der Waals surface area contributed by atoms with E-state index in [1.165, 1.54) is 6.07 Å². The fourth-order valence-corrected chi connectivity index (χ4v) is 1.72. The maximum atomic E-state index is 13.7. The largest absolute Gasteiger partial charge is 0.490 e. The van der Waals surface area contributed by atoms with Crippen molar-refractivity contribution in [3.8, 4) is 5.75 Å². The number of hydrogen-bond acceptors (Lipinski definition) is 3. The van der Waals surface area contributed by atoms with Crippen LogP contribution in [0.5, 0.6) is 5.75 Å². The normalized spacial score (nSPS) is 12.2. The highest BCUT2D eigenvalue weighted by Crippen LogP contribution is 2.22. The van der Waals surface area contributed by atoms with Crippen LogP contribution in [-0.4, -0.2) is 16.7 Å². The Kier molecular flexibility index (Phi) is 4.47. The molecule has 0 fully saturated rings. The van der Waals surface area contributed by atoms with Crippen LogP contribution in [0.1, 0.15) is 24.2 Å². The fourth-order valence-electron chi connectivity index (χ4n) is 1.72. The Morgan fingerprint density at radius 2 is 2.00 bits per heavy atom. The summed E-state index contributed by atoms with van der Waals surface area (Å²) in [7, 11) is 0.